The largest absolute Gasteiger partial charge is 0.468 e. The Bertz CT molecular complexity index is 1060. The van der Waals surface area contributed by atoms with Gasteiger partial charge in [-0.3, -0.25) is 4.79 Å². The van der Waals surface area contributed by atoms with Gasteiger partial charge in [0.2, 0.25) is 15.9 Å². The molecule has 0 bridgehead atoms. The highest BCUT2D eigenvalue weighted by molar-refractivity contribution is 7.91. The number of nitrogens with zero attached hydrogens (tertiary/aromatic N) is 1. The van der Waals surface area contributed by atoms with E-state index in [1.165, 1.54) is 29.4 Å². The molecule has 0 aliphatic carbocycles. The molecule has 2 heterocycles. The van der Waals surface area contributed by atoms with Crippen LogP contribution in [0.2, 0.25) is 10.0 Å². The van der Waals surface area contributed by atoms with Gasteiger partial charge in [-0.15, -0.1) is 0 Å². The van der Waals surface area contributed by atoms with Gasteiger partial charge in [0.15, 0.2) is 9.84 Å². The zero-order chi connectivity index (χ0) is 20.5. The van der Waals surface area contributed by atoms with Crippen molar-refractivity contribution in [2.45, 2.75) is 15.9 Å². The average Bonchev–Trinajstić information content (AvgIpc) is 3.03. The summed E-state index contributed by atoms with van der Waals surface area (Å²) in [6.07, 6.45) is 1.39. The van der Waals surface area contributed by atoms with Gasteiger partial charge < -0.3 is 9.32 Å². The Labute approximate surface area is 172 Å². The maximum Gasteiger partial charge on any atom is 0.244 e. The SMILES string of the molecule is O=C(CNS(=O)(=O)c1c(Cl)cccc1Cl)N1CC(S(=O)(=O)Cc2ccco2)C1. The van der Waals surface area contributed by atoms with Crippen molar-refractivity contribution in [3.63, 3.8) is 0 Å². The lowest BCUT2D eigenvalue weighted by Crippen LogP contribution is -2.58. The Balaban J connectivity index is 1.56. The molecule has 3 rings (SSSR count). The van der Waals surface area contributed by atoms with Crippen molar-refractivity contribution in [1.82, 2.24) is 9.62 Å². The van der Waals surface area contributed by atoms with Crippen LogP contribution in [0.1, 0.15) is 5.76 Å². The second kappa shape index (κ2) is 8.03. The summed E-state index contributed by atoms with van der Waals surface area (Å²) >= 11 is 11.8. The molecule has 0 saturated carbocycles. The number of benzene rings is 1. The van der Waals surface area contributed by atoms with Gasteiger partial charge in [-0.05, 0) is 24.3 Å². The van der Waals surface area contributed by atoms with Crippen LogP contribution in [0.15, 0.2) is 45.9 Å². The van der Waals surface area contributed by atoms with Gasteiger partial charge in [0, 0.05) is 13.1 Å². The molecule has 152 valence electrons. The van der Waals surface area contributed by atoms with E-state index in [-0.39, 0.29) is 33.8 Å². The molecule has 1 aliphatic rings. The molecule has 0 spiro atoms. The predicted octanol–water partition coefficient (Wildman–Crippen LogP) is 1.69. The summed E-state index contributed by atoms with van der Waals surface area (Å²) in [6.45, 7) is -0.540. The summed E-state index contributed by atoms with van der Waals surface area (Å²) in [7, 11) is -7.57. The van der Waals surface area contributed by atoms with Gasteiger partial charge in [0.25, 0.3) is 0 Å². The fourth-order valence-corrected chi connectivity index (χ4v) is 6.38. The molecule has 2 aromatic rings. The number of carbonyl (C=O) groups is 1. The lowest BCUT2D eigenvalue weighted by Gasteiger charge is -2.38. The number of hydrogen-bond donors (Lipinski definition) is 1. The number of furan rings is 1. The molecular formula is C16H16Cl2N2O6S2. The summed E-state index contributed by atoms with van der Waals surface area (Å²) in [5.41, 5.74) is 0. The van der Waals surface area contributed by atoms with Crippen LogP contribution >= 0.6 is 23.2 Å². The maximum absolute atomic E-state index is 12.4. The van der Waals surface area contributed by atoms with Gasteiger partial charge in [-0.25, -0.2) is 21.6 Å². The van der Waals surface area contributed by atoms with Crippen LogP contribution in [0.25, 0.3) is 0 Å². The van der Waals surface area contributed by atoms with Crippen molar-refractivity contribution < 1.29 is 26.0 Å². The molecule has 28 heavy (non-hydrogen) atoms. The summed E-state index contributed by atoms with van der Waals surface area (Å²) in [5, 5.41) is -0.850. The summed E-state index contributed by atoms with van der Waals surface area (Å²) in [5.74, 6) is -0.463. The highest BCUT2D eigenvalue weighted by Gasteiger charge is 2.40. The number of nitrogens with one attached hydrogen (secondary N) is 1. The minimum atomic E-state index is -4.10. The van der Waals surface area contributed by atoms with Gasteiger partial charge in [0.05, 0.1) is 28.1 Å². The van der Waals surface area contributed by atoms with E-state index in [0.717, 1.165) is 0 Å². The Kier molecular flexibility index (Phi) is 6.06. The van der Waals surface area contributed by atoms with E-state index in [1.807, 2.05) is 0 Å². The molecule has 1 fully saturated rings. The number of carbonyl (C=O) groups excluding carboxylic acids is 1. The Hall–Kier alpha value is -1.59. The normalized spacial score (nSPS) is 15.4. The standard InChI is InChI=1S/C16H16Cl2N2O6S2/c17-13-4-1-5-14(18)16(13)28(24,25)19-7-15(21)20-8-12(9-20)27(22,23)10-11-3-2-6-26-11/h1-6,12,19H,7-10H2. The summed E-state index contributed by atoms with van der Waals surface area (Å²) in [4.78, 5) is 13.1. The van der Waals surface area contributed by atoms with Crippen LogP contribution in [0.4, 0.5) is 0 Å². The molecule has 8 nitrogen and oxygen atoms in total. The second-order valence-corrected chi connectivity index (χ2v) is 11.0. The van der Waals surface area contributed by atoms with Gasteiger partial charge in [-0.2, -0.15) is 0 Å². The molecule has 0 radical (unpaired) electrons. The van der Waals surface area contributed by atoms with Crippen LogP contribution in [0.3, 0.4) is 0 Å². The highest BCUT2D eigenvalue weighted by Crippen LogP contribution is 2.28. The third-order valence-corrected chi connectivity index (χ3v) is 8.59. The number of hydrogen-bond acceptors (Lipinski definition) is 6. The van der Waals surface area contributed by atoms with Crippen molar-refractivity contribution in [2.75, 3.05) is 19.6 Å². The average molecular weight is 467 g/mol. The molecule has 0 atom stereocenters. The molecule has 1 amide bonds. The van der Waals surface area contributed by atoms with E-state index in [9.17, 15) is 21.6 Å². The van der Waals surface area contributed by atoms with Crippen LogP contribution in [-0.4, -0.2) is 52.5 Å². The van der Waals surface area contributed by atoms with Crippen molar-refractivity contribution in [3.8, 4) is 0 Å². The molecule has 1 aromatic heterocycles. The van der Waals surface area contributed by atoms with Crippen LogP contribution in [-0.2, 0) is 30.4 Å². The summed E-state index contributed by atoms with van der Waals surface area (Å²) < 4.78 is 56.5. The lowest BCUT2D eigenvalue weighted by atomic mass is 10.2. The molecule has 12 heteroatoms. The van der Waals surface area contributed by atoms with Crippen LogP contribution < -0.4 is 4.72 Å². The van der Waals surface area contributed by atoms with Gasteiger partial charge in [0.1, 0.15) is 16.4 Å². The smallest absolute Gasteiger partial charge is 0.244 e. The third kappa shape index (κ3) is 4.52. The number of likely N-dealkylation sites (tertiary alicyclic amines) is 1. The number of sulfone groups is 1. The predicted molar refractivity (Wildman–Crippen MR) is 103 cm³/mol. The fourth-order valence-electron chi connectivity index (χ4n) is 2.66. The Morgan fingerprint density at radius 2 is 1.75 bits per heavy atom. The van der Waals surface area contributed by atoms with Crippen molar-refractivity contribution in [3.05, 3.63) is 52.4 Å². The van der Waals surface area contributed by atoms with Crippen molar-refractivity contribution >= 4 is 49.0 Å². The first-order chi connectivity index (χ1) is 13.1. The first-order valence-electron chi connectivity index (χ1n) is 8.05. The molecule has 0 unspecified atom stereocenters. The van der Waals surface area contributed by atoms with Gasteiger partial charge >= 0.3 is 0 Å². The topological polar surface area (TPSA) is 114 Å². The van der Waals surface area contributed by atoms with E-state index >= 15 is 0 Å². The highest BCUT2D eigenvalue weighted by atomic mass is 35.5. The Morgan fingerprint density at radius 1 is 1.11 bits per heavy atom. The molecule has 1 saturated heterocycles. The molecule has 1 N–H and O–H groups in total. The third-order valence-electron chi connectivity index (χ3n) is 4.23. The van der Waals surface area contributed by atoms with E-state index in [2.05, 4.69) is 4.72 Å². The molecule has 1 aliphatic heterocycles. The maximum atomic E-state index is 12.4. The number of sulfonamides is 1. The Morgan fingerprint density at radius 3 is 2.32 bits per heavy atom. The second-order valence-electron chi connectivity index (χ2n) is 6.18. The first kappa shape index (κ1) is 21.1. The van der Waals surface area contributed by atoms with Gasteiger partial charge in [-0.1, -0.05) is 29.3 Å². The van der Waals surface area contributed by atoms with Crippen molar-refractivity contribution in [2.24, 2.45) is 0 Å². The monoisotopic (exact) mass is 466 g/mol. The lowest BCUT2D eigenvalue weighted by molar-refractivity contribution is -0.133. The number of rotatable bonds is 7. The minimum Gasteiger partial charge on any atom is -0.468 e. The quantitative estimate of drug-likeness (QED) is 0.663. The van der Waals surface area contributed by atoms with Crippen LogP contribution in [0.5, 0.6) is 0 Å². The first-order valence-corrected chi connectivity index (χ1v) is 12.0. The van der Waals surface area contributed by atoms with Crippen molar-refractivity contribution in [1.29, 1.82) is 0 Å². The van der Waals surface area contributed by atoms with E-state index < -0.39 is 37.6 Å². The minimum absolute atomic E-state index is 0.00352. The zero-order valence-electron chi connectivity index (χ0n) is 14.3. The van der Waals surface area contributed by atoms with E-state index in [1.54, 1.807) is 12.1 Å². The van der Waals surface area contributed by atoms with E-state index in [0.29, 0.717) is 5.76 Å². The van der Waals surface area contributed by atoms with Crippen LogP contribution in [0, 0.1) is 0 Å². The number of amides is 1. The zero-order valence-corrected chi connectivity index (χ0v) is 17.5. The fraction of sp³-hybridized carbons (Fsp3) is 0.312. The molecule has 1 aromatic carbocycles. The number of halogens is 2. The summed E-state index contributed by atoms with van der Waals surface area (Å²) in [6, 6.07) is 7.40. The molecular weight excluding hydrogens is 451 g/mol. The van der Waals surface area contributed by atoms with E-state index in [4.69, 9.17) is 27.6 Å².